The number of benzene rings is 2. The number of anilines is 1. The summed E-state index contributed by atoms with van der Waals surface area (Å²) in [7, 11) is 3.70. The van der Waals surface area contributed by atoms with E-state index < -0.39 is 0 Å². The van der Waals surface area contributed by atoms with Gasteiger partial charge < -0.3 is 30.1 Å². The highest BCUT2D eigenvalue weighted by molar-refractivity contribution is 5.90. The van der Waals surface area contributed by atoms with E-state index in [9.17, 15) is 14.7 Å². The summed E-state index contributed by atoms with van der Waals surface area (Å²) in [5.41, 5.74) is 2.44. The zero-order chi connectivity index (χ0) is 27.8. The van der Waals surface area contributed by atoms with Gasteiger partial charge in [0.2, 0.25) is 5.91 Å². The Balaban J connectivity index is 1.85. The van der Waals surface area contributed by atoms with Crippen molar-refractivity contribution in [3.8, 4) is 11.5 Å². The molecule has 208 valence electrons. The summed E-state index contributed by atoms with van der Waals surface area (Å²) in [5, 5.41) is 15.5. The van der Waals surface area contributed by atoms with E-state index in [1.807, 2.05) is 58.2 Å². The molecule has 3 rings (SSSR count). The third kappa shape index (κ3) is 8.10. The molecule has 0 spiro atoms. The smallest absolute Gasteiger partial charge is 0.319 e. The first-order chi connectivity index (χ1) is 18.1. The number of nitrogens with one attached hydrogen (secondary N) is 2. The molecule has 1 aliphatic rings. The van der Waals surface area contributed by atoms with Crippen molar-refractivity contribution in [3.05, 3.63) is 53.6 Å². The minimum Gasteiger partial charge on any atom is -0.497 e. The van der Waals surface area contributed by atoms with Gasteiger partial charge in [0.25, 0.3) is 0 Å². The van der Waals surface area contributed by atoms with E-state index in [0.29, 0.717) is 30.1 Å². The normalized spacial score (nSPS) is 18.7. The van der Waals surface area contributed by atoms with Gasteiger partial charge in [-0.3, -0.25) is 9.69 Å². The molecular formula is C29H42N4O5. The number of ether oxygens (including phenoxy) is 2. The van der Waals surface area contributed by atoms with Crippen LogP contribution in [0.1, 0.15) is 38.8 Å². The van der Waals surface area contributed by atoms with Crippen molar-refractivity contribution in [2.24, 2.45) is 5.92 Å². The maximum absolute atomic E-state index is 13.4. The molecule has 0 unspecified atom stereocenters. The van der Waals surface area contributed by atoms with Gasteiger partial charge in [-0.2, -0.15) is 0 Å². The van der Waals surface area contributed by atoms with Crippen LogP contribution in [-0.2, 0) is 17.8 Å². The number of methoxy groups -OCH3 is 1. The molecule has 1 heterocycles. The summed E-state index contributed by atoms with van der Waals surface area (Å²) < 4.78 is 11.8. The van der Waals surface area contributed by atoms with E-state index in [1.54, 1.807) is 24.1 Å². The molecule has 0 radical (unpaired) electrons. The molecule has 3 N–H and O–H groups in total. The first-order valence-corrected chi connectivity index (χ1v) is 13.2. The van der Waals surface area contributed by atoms with Gasteiger partial charge in [0.1, 0.15) is 17.6 Å². The fourth-order valence-corrected chi connectivity index (χ4v) is 4.57. The summed E-state index contributed by atoms with van der Waals surface area (Å²) in [5.74, 6) is 1.37. The van der Waals surface area contributed by atoms with Gasteiger partial charge in [0.15, 0.2) is 0 Å². The predicted octanol–water partition coefficient (Wildman–Crippen LogP) is 3.51. The third-order valence-corrected chi connectivity index (χ3v) is 6.70. The lowest BCUT2D eigenvalue weighted by Gasteiger charge is -2.34. The van der Waals surface area contributed by atoms with Crippen LogP contribution in [-0.4, -0.2) is 78.9 Å². The minimum atomic E-state index is -0.317. The summed E-state index contributed by atoms with van der Waals surface area (Å²) in [6, 6.07) is 12.8. The zero-order valence-corrected chi connectivity index (χ0v) is 23.4. The Morgan fingerprint density at radius 3 is 2.55 bits per heavy atom. The van der Waals surface area contributed by atoms with E-state index in [1.165, 1.54) is 0 Å². The number of rotatable bonds is 9. The maximum Gasteiger partial charge on any atom is 0.319 e. The predicted molar refractivity (Wildman–Crippen MR) is 149 cm³/mol. The molecule has 2 aromatic carbocycles. The van der Waals surface area contributed by atoms with Crippen LogP contribution in [0.3, 0.4) is 0 Å². The molecule has 2 aromatic rings. The molecule has 9 heteroatoms. The number of nitrogens with zero attached hydrogens (tertiary/aromatic N) is 2. The Morgan fingerprint density at radius 1 is 1.21 bits per heavy atom. The second-order valence-corrected chi connectivity index (χ2v) is 10.5. The van der Waals surface area contributed by atoms with Crippen LogP contribution >= 0.6 is 0 Å². The lowest BCUT2D eigenvalue weighted by molar-refractivity contribution is -0.134. The van der Waals surface area contributed by atoms with Crippen LogP contribution in [0, 0.1) is 5.92 Å². The molecule has 0 fully saturated rings. The molecule has 0 saturated carbocycles. The van der Waals surface area contributed by atoms with E-state index >= 15 is 0 Å². The summed E-state index contributed by atoms with van der Waals surface area (Å²) in [6.07, 6.45) is -0.0957. The van der Waals surface area contributed by atoms with Crippen molar-refractivity contribution in [2.45, 2.75) is 58.8 Å². The van der Waals surface area contributed by atoms with Crippen molar-refractivity contribution in [3.63, 3.8) is 0 Å². The number of aliphatic hydroxyl groups excluding tert-OH is 1. The fourth-order valence-electron chi connectivity index (χ4n) is 4.57. The molecule has 0 saturated heterocycles. The number of urea groups is 1. The second kappa shape index (κ2) is 13.5. The topological polar surface area (TPSA) is 103 Å². The molecule has 0 aliphatic carbocycles. The maximum atomic E-state index is 13.4. The molecule has 38 heavy (non-hydrogen) atoms. The minimum absolute atomic E-state index is 0.00144. The number of carbonyl (C=O) groups excluding carboxylic acids is 2. The molecule has 3 amide bonds. The second-order valence-electron chi connectivity index (χ2n) is 10.5. The van der Waals surface area contributed by atoms with Gasteiger partial charge in [0.05, 0.1) is 26.2 Å². The van der Waals surface area contributed by atoms with Gasteiger partial charge in [-0.1, -0.05) is 19.1 Å². The van der Waals surface area contributed by atoms with Crippen molar-refractivity contribution in [2.75, 3.05) is 39.2 Å². The van der Waals surface area contributed by atoms with Crippen LogP contribution in [0.25, 0.3) is 0 Å². The molecule has 9 nitrogen and oxygen atoms in total. The van der Waals surface area contributed by atoms with Crippen LogP contribution in [0.4, 0.5) is 10.5 Å². The fraction of sp³-hybridized carbons (Fsp3) is 0.517. The standard InChI is InChI=1S/C29H42N4O5/c1-19(2)30-29(36)31-24-9-12-26-23(13-24)14-28(35)33(21(4)18-34)15-20(3)27(38-26)17-32(5)16-22-7-10-25(37-6)11-8-22/h7-13,19-21,27,34H,14-18H2,1-6H3,(H2,30,31,36)/t20-,21+,27+/m1/s1. The highest BCUT2D eigenvalue weighted by Crippen LogP contribution is 2.29. The number of aliphatic hydroxyl groups is 1. The van der Waals surface area contributed by atoms with Crippen molar-refractivity contribution < 1.29 is 24.2 Å². The van der Waals surface area contributed by atoms with Crippen LogP contribution in [0.2, 0.25) is 0 Å². The van der Waals surface area contributed by atoms with Crippen molar-refractivity contribution in [1.29, 1.82) is 0 Å². The van der Waals surface area contributed by atoms with E-state index in [0.717, 1.165) is 17.9 Å². The SMILES string of the molecule is COc1ccc(CN(C)C[C@@H]2Oc3ccc(NC(=O)NC(C)C)cc3CC(=O)N([C@@H](C)CO)C[C@H]2C)cc1. The highest BCUT2D eigenvalue weighted by atomic mass is 16.5. The van der Waals surface area contributed by atoms with E-state index in [2.05, 4.69) is 22.5 Å². The zero-order valence-electron chi connectivity index (χ0n) is 23.4. The first-order valence-electron chi connectivity index (χ1n) is 13.2. The number of hydrogen-bond donors (Lipinski definition) is 3. The Labute approximate surface area is 226 Å². The first kappa shape index (κ1) is 29.3. The molecule has 1 aliphatic heterocycles. The molecular weight excluding hydrogens is 484 g/mol. The van der Waals surface area contributed by atoms with E-state index in [4.69, 9.17) is 9.47 Å². The van der Waals surface area contributed by atoms with Crippen LogP contribution in [0.15, 0.2) is 42.5 Å². The van der Waals surface area contributed by atoms with Gasteiger partial charge >= 0.3 is 6.03 Å². The number of hydrogen-bond acceptors (Lipinski definition) is 6. The summed E-state index contributed by atoms with van der Waals surface area (Å²) in [6.45, 7) is 9.42. The number of amides is 3. The van der Waals surface area contributed by atoms with E-state index in [-0.39, 0.29) is 49.1 Å². The third-order valence-electron chi connectivity index (χ3n) is 6.70. The lowest BCUT2D eigenvalue weighted by Crippen LogP contribution is -2.47. The van der Waals surface area contributed by atoms with Gasteiger partial charge in [-0.25, -0.2) is 4.79 Å². The Kier molecular flexibility index (Phi) is 10.4. The molecule has 0 aromatic heterocycles. The Bertz CT molecular complexity index is 1080. The van der Waals surface area contributed by atoms with Crippen molar-refractivity contribution in [1.82, 2.24) is 15.1 Å². The average molecular weight is 527 g/mol. The van der Waals surface area contributed by atoms with Crippen LogP contribution in [0.5, 0.6) is 11.5 Å². The monoisotopic (exact) mass is 526 g/mol. The lowest BCUT2D eigenvalue weighted by atomic mass is 10.0. The van der Waals surface area contributed by atoms with Crippen molar-refractivity contribution >= 4 is 17.6 Å². The Hall–Kier alpha value is -3.30. The van der Waals surface area contributed by atoms with Crippen LogP contribution < -0.4 is 20.1 Å². The van der Waals surface area contributed by atoms with Gasteiger partial charge in [-0.05, 0) is 63.7 Å². The number of fused-ring (bicyclic) bond motifs is 1. The number of likely N-dealkylation sites (N-methyl/N-ethyl adjacent to an activating group) is 1. The quantitative estimate of drug-likeness (QED) is 0.462. The average Bonchev–Trinajstić information content (AvgIpc) is 2.91. The van der Waals surface area contributed by atoms with Gasteiger partial charge in [-0.15, -0.1) is 0 Å². The number of carbonyl (C=O) groups is 2. The summed E-state index contributed by atoms with van der Waals surface area (Å²) in [4.78, 5) is 29.6. The highest BCUT2D eigenvalue weighted by Gasteiger charge is 2.31. The Morgan fingerprint density at radius 2 is 1.92 bits per heavy atom. The van der Waals surface area contributed by atoms with Gasteiger partial charge in [0, 0.05) is 42.8 Å². The summed E-state index contributed by atoms with van der Waals surface area (Å²) >= 11 is 0. The largest absolute Gasteiger partial charge is 0.497 e. The molecule has 3 atom stereocenters. The molecule has 0 bridgehead atoms.